The number of nitrogens with zero attached hydrogens (tertiary/aromatic N) is 2. The third-order valence-electron chi connectivity index (χ3n) is 5.78. The van der Waals surface area contributed by atoms with E-state index in [0.717, 1.165) is 16.5 Å². The second kappa shape index (κ2) is 7.82. The second-order valence-electron chi connectivity index (χ2n) is 7.60. The zero-order valence-corrected chi connectivity index (χ0v) is 17.7. The first-order valence-electron chi connectivity index (χ1n) is 9.97. The Morgan fingerprint density at radius 2 is 1.73 bits per heavy atom. The van der Waals surface area contributed by atoms with Crippen molar-refractivity contribution in [2.75, 3.05) is 26.3 Å². The lowest BCUT2D eigenvalue weighted by Gasteiger charge is -2.37. The summed E-state index contributed by atoms with van der Waals surface area (Å²) in [4.78, 5) is 20.1. The van der Waals surface area contributed by atoms with Crippen molar-refractivity contribution in [1.29, 1.82) is 0 Å². The highest BCUT2D eigenvalue weighted by molar-refractivity contribution is 6.36. The fourth-order valence-electron chi connectivity index (χ4n) is 4.19. The molecule has 0 aliphatic carbocycles. The quantitative estimate of drug-likeness (QED) is 0.547. The number of piperidine rings is 1. The number of hydrogen-bond acceptors (Lipinski definition) is 4. The molecule has 2 aliphatic heterocycles. The monoisotopic (exact) mass is 442 g/mol. The van der Waals surface area contributed by atoms with Crippen molar-refractivity contribution in [1.82, 2.24) is 9.88 Å². The van der Waals surface area contributed by atoms with Crippen LogP contribution in [-0.2, 0) is 9.47 Å². The number of halogens is 2. The lowest BCUT2D eigenvalue weighted by molar-refractivity contribution is -0.181. The molecule has 2 fully saturated rings. The molecule has 7 heteroatoms. The first-order valence-corrected chi connectivity index (χ1v) is 10.7. The van der Waals surface area contributed by atoms with E-state index in [9.17, 15) is 4.79 Å². The number of benzene rings is 2. The number of carbonyl (C=O) groups is 1. The van der Waals surface area contributed by atoms with Crippen LogP contribution in [0.15, 0.2) is 48.5 Å². The molecular weight excluding hydrogens is 423 g/mol. The molecule has 3 heterocycles. The summed E-state index contributed by atoms with van der Waals surface area (Å²) in [6.45, 7) is 2.42. The lowest BCUT2D eigenvalue weighted by Crippen LogP contribution is -2.47. The van der Waals surface area contributed by atoms with Gasteiger partial charge in [-0.2, -0.15) is 0 Å². The van der Waals surface area contributed by atoms with Gasteiger partial charge in [0.1, 0.15) is 0 Å². The molecule has 0 N–H and O–H groups in total. The number of likely N-dealkylation sites (tertiary alicyclic amines) is 1. The van der Waals surface area contributed by atoms with Gasteiger partial charge in [-0.05, 0) is 30.3 Å². The minimum Gasteiger partial charge on any atom is -0.347 e. The van der Waals surface area contributed by atoms with E-state index in [-0.39, 0.29) is 5.91 Å². The van der Waals surface area contributed by atoms with E-state index in [4.69, 9.17) is 37.7 Å². The fourth-order valence-corrected chi connectivity index (χ4v) is 4.70. The number of hydrogen-bond donors (Lipinski definition) is 0. The Morgan fingerprint density at radius 1 is 1.00 bits per heavy atom. The molecule has 1 amide bonds. The van der Waals surface area contributed by atoms with Crippen LogP contribution in [0, 0.1) is 0 Å². The van der Waals surface area contributed by atoms with E-state index in [1.54, 1.807) is 12.1 Å². The normalized spacial score (nSPS) is 18.3. The Bertz CT molecular complexity index is 1120. The number of para-hydroxylation sites is 1. The number of fused-ring (bicyclic) bond motifs is 1. The summed E-state index contributed by atoms with van der Waals surface area (Å²) >= 11 is 12.5. The molecule has 0 atom stereocenters. The van der Waals surface area contributed by atoms with Gasteiger partial charge < -0.3 is 14.4 Å². The van der Waals surface area contributed by atoms with Crippen molar-refractivity contribution >= 4 is 40.0 Å². The number of aromatic nitrogens is 1. The van der Waals surface area contributed by atoms with Crippen LogP contribution < -0.4 is 0 Å². The standard InChI is InChI=1S/C23H20Cl2N2O3/c24-15-5-6-17(19(25)13-15)21-14-18(16-3-1-2-4-20(16)26-21)22(28)27-9-7-23(8-10-27)29-11-12-30-23/h1-6,13-14H,7-12H2. The van der Waals surface area contributed by atoms with Crippen LogP contribution in [0.25, 0.3) is 22.2 Å². The average molecular weight is 443 g/mol. The van der Waals surface area contributed by atoms with E-state index < -0.39 is 5.79 Å². The van der Waals surface area contributed by atoms with Gasteiger partial charge in [-0.3, -0.25) is 4.79 Å². The fraction of sp³-hybridized carbons (Fsp3) is 0.304. The zero-order chi connectivity index (χ0) is 20.7. The number of rotatable bonds is 2. The molecule has 5 rings (SSSR count). The van der Waals surface area contributed by atoms with Gasteiger partial charge in [-0.15, -0.1) is 0 Å². The average Bonchev–Trinajstić information content (AvgIpc) is 3.21. The Morgan fingerprint density at radius 3 is 2.47 bits per heavy atom. The smallest absolute Gasteiger partial charge is 0.254 e. The molecule has 0 radical (unpaired) electrons. The summed E-state index contributed by atoms with van der Waals surface area (Å²) in [7, 11) is 0. The predicted molar refractivity (Wildman–Crippen MR) is 117 cm³/mol. The van der Waals surface area contributed by atoms with Crippen LogP contribution in [0.5, 0.6) is 0 Å². The predicted octanol–water partition coefficient (Wildman–Crippen LogP) is 5.19. The van der Waals surface area contributed by atoms with Crippen LogP contribution >= 0.6 is 23.2 Å². The molecule has 1 spiro atoms. The maximum atomic E-state index is 13.5. The van der Waals surface area contributed by atoms with Crippen molar-refractivity contribution in [3.8, 4) is 11.3 Å². The Balaban J connectivity index is 1.52. The van der Waals surface area contributed by atoms with Crippen LogP contribution in [0.1, 0.15) is 23.2 Å². The largest absolute Gasteiger partial charge is 0.347 e. The van der Waals surface area contributed by atoms with Crippen molar-refractivity contribution in [3.63, 3.8) is 0 Å². The first kappa shape index (κ1) is 19.8. The molecule has 3 aromatic rings. The van der Waals surface area contributed by atoms with Gasteiger partial charge in [0, 0.05) is 41.9 Å². The van der Waals surface area contributed by atoms with Crippen molar-refractivity contribution in [2.24, 2.45) is 0 Å². The molecule has 1 aromatic heterocycles. The summed E-state index contributed by atoms with van der Waals surface area (Å²) in [5.41, 5.74) is 2.76. The van der Waals surface area contributed by atoms with Crippen molar-refractivity contribution in [2.45, 2.75) is 18.6 Å². The van der Waals surface area contributed by atoms with Gasteiger partial charge in [-0.25, -0.2) is 4.98 Å². The van der Waals surface area contributed by atoms with E-state index in [0.29, 0.717) is 60.4 Å². The highest BCUT2D eigenvalue weighted by atomic mass is 35.5. The number of amides is 1. The summed E-state index contributed by atoms with van der Waals surface area (Å²) in [6, 6.07) is 14.8. The Labute approximate surface area is 184 Å². The summed E-state index contributed by atoms with van der Waals surface area (Å²) < 4.78 is 11.6. The third-order valence-corrected chi connectivity index (χ3v) is 6.33. The third kappa shape index (κ3) is 3.56. The minimum absolute atomic E-state index is 0.0206. The van der Waals surface area contributed by atoms with Crippen LogP contribution in [0.4, 0.5) is 0 Å². The van der Waals surface area contributed by atoms with Gasteiger partial charge in [0.2, 0.25) is 0 Å². The summed E-state index contributed by atoms with van der Waals surface area (Å²) in [5, 5.41) is 1.88. The molecule has 30 heavy (non-hydrogen) atoms. The Hall–Kier alpha value is -2.18. The van der Waals surface area contributed by atoms with Crippen LogP contribution in [0.3, 0.4) is 0 Å². The molecule has 2 saturated heterocycles. The van der Waals surface area contributed by atoms with Gasteiger partial charge >= 0.3 is 0 Å². The molecule has 5 nitrogen and oxygen atoms in total. The zero-order valence-electron chi connectivity index (χ0n) is 16.2. The van der Waals surface area contributed by atoms with Gasteiger partial charge in [-0.1, -0.05) is 41.4 Å². The summed E-state index contributed by atoms with van der Waals surface area (Å²) in [6.07, 6.45) is 1.36. The van der Waals surface area contributed by atoms with Crippen molar-refractivity contribution < 1.29 is 14.3 Å². The van der Waals surface area contributed by atoms with E-state index >= 15 is 0 Å². The number of ether oxygens (including phenoxy) is 2. The molecule has 0 saturated carbocycles. The SMILES string of the molecule is O=C(c1cc(-c2ccc(Cl)cc2Cl)nc2ccccc12)N1CCC2(CC1)OCCO2. The summed E-state index contributed by atoms with van der Waals surface area (Å²) in [5.74, 6) is -0.535. The topological polar surface area (TPSA) is 51.7 Å². The highest BCUT2D eigenvalue weighted by Gasteiger charge is 2.41. The number of carbonyl (C=O) groups excluding carboxylic acids is 1. The minimum atomic E-state index is -0.515. The van der Waals surface area contributed by atoms with Crippen molar-refractivity contribution in [3.05, 3.63) is 64.1 Å². The van der Waals surface area contributed by atoms with E-state index in [1.807, 2.05) is 41.3 Å². The van der Waals surface area contributed by atoms with Gasteiger partial charge in [0.05, 0.1) is 35.0 Å². The molecule has 0 bridgehead atoms. The van der Waals surface area contributed by atoms with E-state index in [1.165, 1.54) is 0 Å². The molecule has 2 aromatic carbocycles. The maximum absolute atomic E-state index is 13.5. The van der Waals surface area contributed by atoms with E-state index in [2.05, 4.69) is 0 Å². The Kier molecular flexibility index (Phi) is 5.15. The first-order chi connectivity index (χ1) is 14.5. The van der Waals surface area contributed by atoms with Crippen LogP contribution in [0.2, 0.25) is 10.0 Å². The number of pyridine rings is 1. The van der Waals surface area contributed by atoms with Gasteiger partial charge in [0.15, 0.2) is 5.79 Å². The lowest BCUT2D eigenvalue weighted by atomic mass is 10.00. The molecule has 2 aliphatic rings. The highest BCUT2D eigenvalue weighted by Crippen LogP contribution is 2.34. The molecular formula is C23H20Cl2N2O3. The van der Waals surface area contributed by atoms with Gasteiger partial charge in [0.25, 0.3) is 5.91 Å². The molecule has 0 unspecified atom stereocenters. The van der Waals surface area contributed by atoms with Crippen LogP contribution in [-0.4, -0.2) is 47.9 Å². The molecule has 154 valence electrons. The second-order valence-corrected chi connectivity index (χ2v) is 8.44. The maximum Gasteiger partial charge on any atom is 0.254 e.